The Bertz CT molecular complexity index is 611. The highest BCUT2D eigenvalue weighted by Crippen LogP contribution is 2.52. The highest BCUT2D eigenvalue weighted by atomic mass is 31.4. The molecule has 1 atom stereocenters. The predicted molar refractivity (Wildman–Crippen MR) is 110 cm³/mol. The van der Waals surface area contributed by atoms with Crippen LogP contribution in [0.4, 0.5) is 0 Å². The van der Waals surface area contributed by atoms with Crippen molar-refractivity contribution in [1.29, 1.82) is 0 Å². The van der Waals surface area contributed by atoms with Crippen molar-refractivity contribution in [2.75, 3.05) is 19.0 Å². The van der Waals surface area contributed by atoms with Crippen molar-refractivity contribution in [1.82, 2.24) is 0 Å². The molecule has 1 unspecified atom stereocenters. The summed E-state index contributed by atoms with van der Waals surface area (Å²) in [7, 11) is -1.90. The maximum Gasteiger partial charge on any atom is 0.118 e. The highest BCUT2D eigenvalue weighted by Gasteiger charge is 2.33. The number of rotatable bonds is 7. The van der Waals surface area contributed by atoms with Gasteiger partial charge in [0.25, 0.3) is 0 Å². The molecule has 0 radical (unpaired) electrons. The Labute approximate surface area is 143 Å². The van der Waals surface area contributed by atoms with E-state index in [0.717, 1.165) is 18.7 Å². The number of hydrogen-bond acceptors (Lipinski definition) is 1. The Balaban J connectivity index is 2.13. The van der Waals surface area contributed by atoms with Gasteiger partial charge in [-0.3, -0.25) is 0 Å². The fraction of sp³-hybridized carbons (Fsp3) is 0.368. The highest BCUT2D eigenvalue weighted by molar-refractivity contribution is 7.98. The van der Waals surface area contributed by atoms with E-state index < -0.39 is 14.4 Å². The van der Waals surface area contributed by atoms with E-state index in [4.69, 9.17) is 0 Å². The van der Waals surface area contributed by atoms with Gasteiger partial charge in [0.15, 0.2) is 0 Å². The van der Waals surface area contributed by atoms with Crippen molar-refractivity contribution in [3.05, 3.63) is 60.7 Å². The summed E-state index contributed by atoms with van der Waals surface area (Å²) in [5.41, 5.74) is 0. The minimum atomic E-state index is -1.97. The van der Waals surface area contributed by atoms with E-state index in [1.807, 2.05) is 6.66 Å². The monoisotopic (exact) mass is 362 g/mol. The first-order valence-electron chi connectivity index (χ1n) is 8.25. The van der Waals surface area contributed by atoms with Crippen molar-refractivity contribution in [2.45, 2.75) is 26.1 Å². The summed E-state index contributed by atoms with van der Waals surface area (Å²) in [6, 6.07) is 21.6. The molecule has 2 aromatic rings. The topological polar surface area (TPSA) is 17.1 Å². The van der Waals surface area contributed by atoms with Crippen LogP contribution in [-0.2, 0) is 4.57 Å². The quantitative estimate of drug-likeness (QED) is 0.480. The van der Waals surface area contributed by atoms with Crippen molar-refractivity contribution in [3.63, 3.8) is 0 Å². The second-order valence-electron chi connectivity index (χ2n) is 7.17. The lowest BCUT2D eigenvalue weighted by molar-refractivity contribution is 0.585. The first-order chi connectivity index (χ1) is 10.8. The van der Waals surface area contributed by atoms with Crippen LogP contribution in [0.5, 0.6) is 0 Å². The fourth-order valence-corrected chi connectivity index (χ4v) is 9.01. The zero-order chi connectivity index (χ0) is 16.9. The minimum absolute atomic E-state index is 0.345. The van der Waals surface area contributed by atoms with Gasteiger partial charge in [0.05, 0.1) is 6.69 Å². The van der Waals surface area contributed by atoms with Crippen LogP contribution in [0.2, 0.25) is 19.6 Å². The largest absolute Gasteiger partial charge is 0.329 e. The average molecular weight is 362 g/mol. The van der Waals surface area contributed by atoms with Crippen LogP contribution in [0, 0.1) is 0 Å². The van der Waals surface area contributed by atoms with Gasteiger partial charge < -0.3 is 4.57 Å². The second kappa shape index (κ2) is 7.93. The Hall–Kier alpha value is -0.683. The van der Waals surface area contributed by atoms with Gasteiger partial charge >= 0.3 is 0 Å². The summed E-state index contributed by atoms with van der Waals surface area (Å²) in [4.78, 5) is 0. The van der Waals surface area contributed by atoms with Crippen molar-refractivity contribution >= 4 is 33.0 Å². The van der Waals surface area contributed by atoms with Gasteiger partial charge in [0.2, 0.25) is 0 Å². The van der Waals surface area contributed by atoms with E-state index >= 15 is 0 Å². The predicted octanol–water partition coefficient (Wildman–Crippen LogP) is 5.34. The molecule has 2 aromatic carbocycles. The van der Waals surface area contributed by atoms with Crippen LogP contribution in [-0.4, -0.2) is 26.7 Å². The van der Waals surface area contributed by atoms with E-state index in [0.29, 0.717) is 0 Å². The Morgan fingerprint density at radius 1 is 0.870 bits per heavy atom. The molecule has 0 spiro atoms. The summed E-state index contributed by atoms with van der Waals surface area (Å²) in [6.07, 6.45) is 3.10. The van der Waals surface area contributed by atoms with Crippen LogP contribution in [0.25, 0.3) is 0 Å². The molecule has 0 saturated heterocycles. The Kier molecular flexibility index (Phi) is 6.43. The SMILES string of the molecule is C[Si](C)(C)P(C)(=O)CCCP(c1ccccc1)c1ccccc1. The third-order valence-electron chi connectivity index (χ3n) is 4.52. The molecule has 4 heteroatoms. The first-order valence-corrected chi connectivity index (χ1v) is 16.5. The van der Waals surface area contributed by atoms with Gasteiger partial charge in [-0.05, 0) is 43.9 Å². The average Bonchev–Trinajstić information content (AvgIpc) is 2.52. The molecule has 0 bridgehead atoms. The van der Waals surface area contributed by atoms with E-state index in [1.54, 1.807) is 0 Å². The van der Waals surface area contributed by atoms with Crippen LogP contribution < -0.4 is 10.6 Å². The number of benzene rings is 2. The molecule has 0 aliphatic carbocycles. The number of hydrogen-bond donors (Lipinski definition) is 0. The van der Waals surface area contributed by atoms with E-state index in [2.05, 4.69) is 80.3 Å². The van der Waals surface area contributed by atoms with Crippen LogP contribution in [0.1, 0.15) is 6.42 Å². The van der Waals surface area contributed by atoms with Gasteiger partial charge in [-0.25, -0.2) is 0 Å². The maximum absolute atomic E-state index is 13.0. The molecule has 0 aromatic heterocycles. The van der Waals surface area contributed by atoms with Crippen molar-refractivity contribution < 1.29 is 4.57 Å². The molecule has 23 heavy (non-hydrogen) atoms. The molecular formula is C19H28OP2Si. The van der Waals surface area contributed by atoms with Gasteiger partial charge in [-0.1, -0.05) is 80.3 Å². The third kappa shape index (κ3) is 5.15. The second-order valence-corrected chi connectivity index (χ2v) is 23.4. The van der Waals surface area contributed by atoms with Crippen LogP contribution in [0.3, 0.4) is 0 Å². The zero-order valence-electron chi connectivity index (χ0n) is 14.7. The lowest BCUT2D eigenvalue weighted by Gasteiger charge is -2.27. The molecule has 0 amide bonds. The Morgan fingerprint density at radius 3 is 1.70 bits per heavy atom. The Morgan fingerprint density at radius 2 is 1.30 bits per heavy atom. The molecular weight excluding hydrogens is 334 g/mol. The normalized spacial score (nSPS) is 14.7. The standard InChI is InChI=1S/C19H28OP2Si/c1-22(20,23(2,3)4)17-11-16-21(18-12-7-5-8-13-18)19-14-9-6-10-15-19/h5-10,12-15H,11,16-17H2,1-4H3. The van der Waals surface area contributed by atoms with Gasteiger partial charge in [0.1, 0.15) is 7.74 Å². The van der Waals surface area contributed by atoms with Gasteiger partial charge in [-0.2, -0.15) is 0 Å². The zero-order valence-corrected chi connectivity index (χ0v) is 17.5. The smallest absolute Gasteiger partial charge is 0.118 e. The molecule has 0 heterocycles. The van der Waals surface area contributed by atoms with Crippen molar-refractivity contribution in [2.24, 2.45) is 0 Å². The van der Waals surface area contributed by atoms with E-state index in [9.17, 15) is 4.57 Å². The maximum atomic E-state index is 13.0. The molecule has 0 fully saturated rings. The van der Waals surface area contributed by atoms with Crippen LogP contribution >= 0.6 is 14.6 Å². The van der Waals surface area contributed by atoms with E-state index in [-0.39, 0.29) is 7.92 Å². The van der Waals surface area contributed by atoms with Gasteiger partial charge in [0, 0.05) is 0 Å². The lowest BCUT2D eigenvalue weighted by atomic mass is 10.4. The first kappa shape index (κ1) is 18.7. The minimum Gasteiger partial charge on any atom is -0.329 e. The molecule has 0 N–H and O–H groups in total. The van der Waals surface area contributed by atoms with Gasteiger partial charge in [-0.15, -0.1) is 0 Å². The fourth-order valence-electron chi connectivity index (χ4n) is 2.49. The molecule has 124 valence electrons. The summed E-state index contributed by atoms with van der Waals surface area (Å²) in [5, 5.41) is 2.85. The summed E-state index contributed by atoms with van der Waals surface area (Å²) in [5.74, 6) is 0. The van der Waals surface area contributed by atoms with Crippen LogP contribution in [0.15, 0.2) is 60.7 Å². The molecule has 1 nitrogen and oxygen atoms in total. The van der Waals surface area contributed by atoms with E-state index in [1.165, 1.54) is 10.6 Å². The molecule has 0 aliphatic heterocycles. The molecule has 2 rings (SSSR count). The lowest BCUT2D eigenvalue weighted by Crippen LogP contribution is -2.23. The third-order valence-corrected chi connectivity index (χ3v) is 20.3. The molecule has 0 aliphatic rings. The molecule has 0 saturated carbocycles. The van der Waals surface area contributed by atoms with Crippen molar-refractivity contribution in [3.8, 4) is 0 Å². The summed E-state index contributed by atoms with van der Waals surface area (Å²) < 4.78 is 13.0. The summed E-state index contributed by atoms with van der Waals surface area (Å²) >= 11 is 0. The summed E-state index contributed by atoms with van der Waals surface area (Å²) in [6.45, 7) is 6.79.